The first-order valence-electron chi connectivity index (χ1n) is 10.3. The third kappa shape index (κ3) is 4.13. The molecule has 6 nitrogen and oxygen atoms in total. The maximum absolute atomic E-state index is 13.2. The zero-order valence-corrected chi connectivity index (χ0v) is 16.9. The molecule has 0 unspecified atom stereocenters. The summed E-state index contributed by atoms with van der Waals surface area (Å²) in [5.41, 5.74) is 3.73. The average molecular weight is 383 g/mol. The first-order valence-corrected chi connectivity index (χ1v) is 10.3. The molecule has 3 heterocycles. The lowest BCUT2D eigenvalue weighted by Gasteiger charge is -2.35. The minimum Gasteiger partial charge on any atom is -0.377 e. The average Bonchev–Trinajstić information content (AvgIpc) is 3.31. The summed E-state index contributed by atoms with van der Waals surface area (Å²) in [7, 11) is 0. The Kier molecular flexibility index (Phi) is 5.78. The van der Waals surface area contributed by atoms with Gasteiger partial charge < -0.3 is 9.64 Å². The smallest absolute Gasteiger partial charge is 0.257 e. The predicted octanol–water partition coefficient (Wildman–Crippen LogP) is 2.49. The predicted molar refractivity (Wildman–Crippen MR) is 109 cm³/mol. The molecule has 2 aliphatic rings. The van der Waals surface area contributed by atoms with Gasteiger partial charge in [-0.25, -0.2) is 0 Å². The van der Waals surface area contributed by atoms with Gasteiger partial charge in [0.25, 0.3) is 5.91 Å². The Hall–Kier alpha value is -2.18. The van der Waals surface area contributed by atoms with E-state index in [1.54, 1.807) is 0 Å². The van der Waals surface area contributed by atoms with Crippen LogP contribution in [0.15, 0.2) is 30.3 Å². The van der Waals surface area contributed by atoms with E-state index in [1.807, 2.05) is 41.6 Å². The van der Waals surface area contributed by atoms with Gasteiger partial charge in [0.1, 0.15) is 0 Å². The van der Waals surface area contributed by atoms with E-state index in [0.717, 1.165) is 62.7 Å². The van der Waals surface area contributed by atoms with Gasteiger partial charge in [0.2, 0.25) is 0 Å². The first-order chi connectivity index (χ1) is 13.6. The van der Waals surface area contributed by atoms with Crippen molar-refractivity contribution in [3.05, 3.63) is 52.8 Å². The monoisotopic (exact) mass is 382 g/mol. The molecule has 1 atom stereocenters. The van der Waals surface area contributed by atoms with Crippen LogP contribution in [0.3, 0.4) is 0 Å². The number of carbonyl (C=O) groups excluding carboxylic acids is 1. The maximum Gasteiger partial charge on any atom is 0.257 e. The third-order valence-electron chi connectivity index (χ3n) is 5.92. The molecule has 1 aromatic heterocycles. The third-order valence-corrected chi connectivity index (χ3v) is 5.92. The number of hydrogen-bond acceptors (Lipinski definition) is 4. The molecule has 0 bridgehead atoms. The van der Waals surface area contributed by atoms with Crippen LogP contribution in [0.4, 0.5) is 0 Å². The van der Waals surface area contributed by atoms with Crippen molar-refractivity contribution in [3.63, 3.8) is 0 Å². The van der Waals surface area contributed by atoms with Gasteiger partial charge in [-0.05, 0) is 32.3 Å². The Labute approximate surface area is 167 Å². The van der Waals surface area contributed by atoms with Crippen LogP contribution in [-0.2, 0) is 11.3 Å². The van der Waals surface area contributed by atoms with Crippen LogP contribution in [0.1, 0.15) is 40.2 Å². The van der Waals surface area contributed by atoms with E-state index in [2.05, 4.69) is 22.1 Å². The maximum atomic E-state index is 13.2. The van der Waals surface area contributed by atoms with E-state index in [1.165, 1.54) is 12.0 Å². The van der Waals surface area contributed by atoms with Gasteiger partial charge in [-0.15, -0.1) is 0 Å². The molecule has 2 fully saturated rings. The van der Waals surface area contributed by atoms with Crippen molar-refractivity contribution >= 4 is 5.91 Å². The number of piperazine rings is 1. The van der Waals surface area contributed by atoms with Gasteiger partial charge in [-0.1, -0.05) is 30.3 Å². The highest BCUT2D eigenvalue weighted by Gasteiger charge is 2.28. The highest BCUT2D eigenvalue weighted by atomic mass is 16.5. The summed E-state index contributed by atoms with van der Waals surface area (Å²) in [6.07, 6.45) is 2.72. The van der Waals surface area contributed by atoms with E-state index in [0.29, 0.717) is 12.6 Å². The molecule has 2 aromatic rings. The van der Waals surface area contributed by atoms with E-state index >= 15 is 0 Å². The minimum absolute atomic E-state index is 0.117. The molecule has 4 rings (SSSR count). The van der Waals surface area contributed by atoms with Crippen LogP contribution in [0.2, 0.25) is 0 Å². The van der Waals surface area contributed by atoms with E-state index in [-0.39, 0.29) is 5.91 Å². The number of amides is 1. The molecule has 28 heavy (non-hydrogen) atoms. The zero-order valence-electron chi connectivity index (χ0n) is 16.9. The molecule has 1 amide bonds. The van der Waals surface area contributed by atoms with Crippen molar-refractivity contribution in [2.24, 2.45) is 0 Å². The number of carbonyl (C=O) groups is 1. The highest BCUT2D eigenvalue weighted by molar-refractivity contribution is 5.96. The molecule has 0 N–H and O–H groups in total. The van der Waals surface area contributed by atoms with Gasteiger partial charge >= 0.3 is 0 Å². The van der Waals surface area contributed by atoms with Gasteiger partial charge in [0.05, 0.1) is 23.9 Å². The summed E-state index contributed by atoms with van der Waals surface area (Å²) in [5.74, 6) is 0.117. The molecule has 0 saturated carbocycles. The van der Waals surface area contributed by atoms with E-state index < -0.39 is 0 Å². The molecule has 0 radical (unpaired) electrons. The Morgan fingerprint density at radius 2 is 1.89 bits per heavy atom. The van der Waals surface area contributed by atoms with Crippen LogP contribution in [0.25, 0.3) is 0 Å². The number of hydrogen-bond donors (Lipinski definition) is 0. The Bertz CT molecular complexity index is 803. The largest absolute Gasteiger partial charge is 0.377 e. The normalized spacial score (nSPS) is 20.6. The van der Waals surface area contributed by atoms with Crippen LogP contribution in [0.5, 0.6) is 0 Å². The molecule has 6 heteroatoms. The minimum atomic E-state index is 0.117. The summed E-state index contributed by atoms with van der Waals surface area (Å²) in [6.45, 7) is 9.91. The van der Waals surface area contributed by atoms with Crippen LogP contribution in [-0.4, -0.2) is 70.9 Å². The summed E-state index contributed by atoms with van der Waals surface area (Å²) in [6, 6.07) is 10.3. The number of nitrogens with zero attached hydrogens (tertiary/aromatic N) is 4. The molecule has 2 aliphatic heterocycles. The van der Waals surface area contributed by atoms with E-state index in [9.17, 15) is 4.79 Å². The first kappa shape index (κ1) is 19.2. The van der Waals surface area contributed by atoms with Crippen molar-refractivity contribution in [1.29, 1.82) is 0 Å². The lowest BCUT2D eigenvalue weighted by Crippen LogP contribution is -2.50. The molecular formula is C22H30N4O2. The molecule has 0 spiro atoms. The number of aromatic nitrogens is 2. The van der Waals surface area contributed by atoms with Crippen LogP contribution in [0, 0.1) is 13.8 Å². The summed E-state index contributed by atoms with van der Waals surface area (Å²) < 4.78 is 7.70. The standard InChI is InChI=1S/C22H30N4O2/c1-17-21(18(2)26(23-17)15-19-7-4-3-5-8-19)22(27)25-12-10-24(11-13-25)16-20-9-6-14-28-20/h3-5,7-8,20H,6,9-16H2,1-2H3/t20-/m1/s1. The molecular weight excluding hydrogens is 352 g/mol. The number of ether oxygens (including phenoxy) is 1. The second kappa shape index (κ2) is 8.45. The van der Waals surface area contributed by atoms with Gasteiger partial charge in [-0.3, -0.25) is 14.4 Å². The highest BCUT2D eigenvalue weighted by Crippen LogP contribution is 2.19. The fourth-order valence-corrected chi connectivity index (χ4v) is 4.28. The van der Waals surface area contributed by atoms with Crippen LogP contribution >= 0.6 is 0 Å². The fourth-order valence-electron chi connectivity index (χ4n) is 4.28. The zero-order chi connectivity index (χ0) is 19.5. The van der Waals surface area contributed by atoms with Crippen molar-refractivity contribution < 1.29 is 9.53 Å². The quantitative estimate of drug-likeness (QED) is 0.797. The van der Waals surface area contributed by atoms with Gasteiger partial charge in [0, 0.05) is 45.0 Å². The molecule has 0 aliphatic carbocycles. The van der Waals surface area contributed by atoms with Crippen molar-refractivity contribution in [3.8, 4) is 0 Å². The molecule has 1 aromatic carbocycles. The number of aryl methyl sites for hydroxylation is 1. The number of rotatable bonds is 5. The van der Waals surface area contributed by atoms with Crippen molar-refractivity contribution in [2.45, 2.75) is 39.3 Å². The van der Waals surface area contributed by atoms with Crippen molar-refractivity contribution in [2.75, 3.05) is 39.3 Å². The fraction of sp³-hybridized carbons (Fsp3) is 0.545. The SMILES string of the molecule is Cc1nn(Cc2ccccc2)c(C)c1C(=O)N1CCN(C[C@H]2CCCO2)CC1. The lowest BCUT2D eigenvalue weighted by molar-refractivity contribution is 0.0432. The summed E-state index contributed by atoms with van der Waals surface area (Å²) >= 11 is 0. The van der Waals surface area contributed by atoms with Crippen molar-refractivity contribution in [1.82, 2.24) is 19.6 Å². The Morgan fingerprint density at radius 1 is 1.14 bits per heavy atom. The number of benzene rings is 1. The summed E-state index contributed by atoms with van der Waals surface area (Å²) in [4.78, 5) is 17.6. The van der Waals surface area contributed by atoms with Crippen LogP contribution < -0.4 is 0 Å². The molecule has 150 valence electrons. The Morgan fingerprint density at radius 3 is 2.57 bits per heavy atom. The van der Waals surface area contributed by atoms with E-state index in [4.69, 9.17) is 4.74 Å². The topological polar surface area (TPSA) is 50.6 Å². The lowest BCUT2D eigenvalue weighted by atomic mass is 10.1. The Balaban J connectivity index is 1.39. The van der Waals surface area contributed by atoms with Gasteiger partial charge in [-0.2, -0.15) is 5.10 Å². The second-order valence-corrected chi connectivity index (χ2v) is 7.92. The molecule has 2 saturated heterocycles. The summed E-state index contributed by atoms with van der Waals surface area (Å²) in [5, 5.41) is 4.65. The van der Waals surface area contributed by atoms with Gasteiger partial charge in [0.15, 0.2) is 0 Å². The second-order valence-electron chi connectivity index (χ2n) is 7.92.